The summed E-state index contributed by atoms with van der Waals surface area (Å²) in [4.78, 5) is 29.6. The highest BCUT2D eigenvalue weighted by Gasteiger charge is 2.09. The fraction of sp³-hybridized carbons (Fsp3) is 0.167. The molecule has 0 atom stereocenters. The maximum atomic E-state index is 12.1. The molecule has 0 unspecified atom stereocenters. The Hall–Kier alpha value is -2.60. The fourth-order valence-corrected chi connectivity index (χ4v) is 2.69. The van der Waals surface area contributed by atoms with Crippen LogP contribution in [0.1, 0.15) is 21.6 Å². The van der Waals surface area contributed by atoms with E-state index in [4.69, 9.17) is 4.74 Å². The number of hydrogen-bond donors (Lipinski definition) is 0. The van der Waals surface area contributed by atoms with Crippen LogP contribution in [0.25, 0.3) is 5.65 Å². The number of nitrogens with zero attached hydrogens (tertiary/aromatic N) is 2. The number of benzene rings is 1. The maximum Gasteiger partial charge on any atom is 0.338 e. The van der Waals surface area contributed by atoms with Crippen molar-refractivity contribution in [2.45, 2.75) is 18.4 Å². The van der Waals surface area contributed by atoms with Gasteiger partial charge in [-0.1, -0.05) is 6.07 Å². The van der Waals surface area contributed by atoms with Crippen molar-refractivity contribution in [2.75, 3.05) is 6.26 Å². The third-order valence-corrected chi connectivity index (χ3v) is 4.28. The molecule has 0 radical (unpaired) electrons. The van der Waals surface area contributed by atoms with E-state index in [-0.39, 0.29) is 12.2 Å². The van der Waals surface area contributed by atoms with Crippen LogP contribution in [0.2, 0.25) is 0 Å². The standard InChI is InChI=1S/C18H16N2O3S/c1-12-3-8-16-19-14(9-17(21)20(16)10-12)11-23-18(22)13-4-6-15(24-2)7-5-13/h3-10H,11H2,1-2H3. The second kappa shape index (κ2) is 6.88. The second-order valence-corrected chi connectivity index (χ2v) is 6.20. The fourth-order valence-electron chi connectivity index (χ4n) is 2.28. The summed E-state index contributed by atoms with van der Waals surface area (Å²) in [6.07, 6.45) is 3.70. The summed E-state index contributed by atoms with van der Waals surface area (Å²) < 4.78 is 6.73. The van der Waals surface area contributed by atoms with Crippen molar-refractivity contribution in [3.8, 4) is 0 Å². The summed E-state index contributed by atoms with van der Waals surface area (Å²) in [6.45, 7) is 1.87. The van der Waals surface area contributed by atoms with Crippen LogP contribution in [0.15, 0.2) is 58.4 Å². The zero-order chi connectivity index (χ0) is 17.1. The lowest BCUT2D eigenvalue weighted by atomic mass is 10.2. The average Bonchev–Trinajstić information content (AvgIpc) is 2.60. The van der Waals surface area contributed by atoms with E-state index < -0.39 is 5.97 Å². The highest BCUT2D eigenvalue weighted by Crippen LogP contribution is 2.15. The van der Waals surface area contributed by atoms with E-state index >= 15 is 0 Å². The van der Waals surface area contributed by atoms with Crippen molar-refractivity contribution >= 4 is 23.4 Å². The molecule has 6 heteroatoms. The molecular weight excluding hydrogens is 324 g/mol. The molecule has 3 aromatic rings. The molecule has 24 heavy (non-hydrogen) atoms. The topological polar surface area (TPSA) is 60.7 Å². The van der Waals surface area contributed by atoms with E-state index in [1.165, 1.54) is 10.5 Å². The first kappa shape index (κ1) is 16.3. The summed E-state index contributed by atoms with van der Waals surface area (Å²) in [5.41, 5.74) is 2.21. The first-order valence-electron chi connectivity index (χ1n) is 7.37. The zero-order valence-electron chi connectivity index (χ0n) is 13.4. The SMILES string of the molecule is CSc1ccc(C(=O)OCc2cc(=O)n3cc(C)ccc3n2)cc1. The molecular formula is C18H16N2O3S. The smallest absolute Gasteiger partial charge is 0.338 e. The van der Waals surface area contributed by atoms with Crippen LogP contribution in [0.5, 0.6) is 0 Å². The van der Waals surface area contributed by atoms with Crippen LogP contribution in [0.3, 0.4) is 0 Å². The minimum atomic E-state index is -0.437. The molecule has 0 N–H and O–H groups in total. The highest BCUT2D eigenvalue weighted by molar-refractivity contribution is 7.98. The minimum Gasteiger partial charge on any atom is -0.456 e. The number of pyridine rings is 1. The third-order valence-electron chi connectivity index (χ3n) is 3.54. The van der Waals surface area contributed by atoms with Crippen LogP contribution in [-0.2, 0) is 11.3 Å². The second-order valence-electron chi connectivity index (χ2n) is 5.33. The Kier molecular flexibility index (Phi) is 4.66. The molecule has 0 amide bonds. The van der Waals surface area contributed by atoms with Gasteiger partial charge in [0, 0.05) is 17.2 Å². The molecule has 2 aromatic heterocycles. The molecule has 0 aliphatic rings. The Bertz CT molecular complexity index is 949. The normalized spacial score (nSPS) is 10.8. The lowest BCUT2D eigenvalue weighted by Gasteiger charge is -2.07. The minimum absolute atomic E-state index is 0.0390. The van der Waals surface area contributed by atoms with Gasteiger partial charge in [-0.25, -0.2) is 9.78 Å². The Labute approximate surface area is 143 Å². The van der Waals surface area contributed by atoms with Gasteiger partial charge in [-0.15, -0.1) is 11.8 Å². The highest BCUT2D eigenvalue weighted by atomic mass is 32.2. The van der Waals surface area contributed by atoms with Crippen LogP contribution in [-0.4, -0.2) is 21.6 Å². The number of aryl methyl sites for hydroxylation is 1. The largest absolute Gasteiger partial charge is 0.456 e. The van der Waals surface area contributed by atoms with Gasteiger partial charge in [-0.3, -0.25) is 9.20 Å². The van der Waals surface area contributed by atoms with Crippen molar-refractivity contribution in [1.29, 1.82) is 0 Å². The molecule has 0 saturated carbocycles. The van der Waals surface area contributed by atoms with Gasteiger partial charge < -0.3 is 4.74 Å². The lowest BCUT2D eigenvalue weighted by Crippen LogP contribution is -2.16. The molecule has 0 aliphatic heterocycles. The molecule has 0 spiro atoms. The third kappa shape index (κ3) is 3.49. The Morgan fingerprint density at radius 2 is 1.96 bits per heavy atom. The first-order valence-corrected chi connectivity index (χ1v) is 8.59. The molecule has 2 heterocycles. The van der Waals surface area contributed by atoms with Crippen molar-refractivity contribution in [1.82, 2.24) is 9.38 Å². The van der Waals surface area contributed by atoms with Gasteiger partial charge in [-0.2, -0.15) is 0 Å². The Morgan fingerprint density at radius 3 is 2.67 bits per heavy atom. The van der Waals surface area contributed by atoms with Gasteiger partial charge >= 0.3 is 5.97 Å². The van der Waals surface area contributed by atoms with Gasteiger partial charge in [0.2, 0.25) is 0 Å². The van der Waals surface area contributed by atoms with Crippen LogP contribution in [0, 0.1) is 6.92 Å². The predicted octanol–water partition coefficient (Wildman–Crippen LogP) is 3.08. The summed E-state index contributed by atoms with van der Waals surface area (Å²) in [5.74, 6) is -0.437. The number of ether oxygens (including phenoxy) is 1. The van der Waals surface area contributed by atoms with Gasteiger partial charge in [0.05, 0.1) is 11.3 Å². The van der Waals surface area contributed by atoms with E-state index in [9.17, 15) is 9.59 Å². The van der Waals surface area contributed by atoms with Crippen LogP contribution in [0.4, 0.5) is 0 Å². The molecule has 0 saturated heterocycles. The number of thioether (sulfide) groups is 1. The summed E-state index contributed by atoms with van der Waals surface area (Å²) in [5, 5.41) is 0. The molecule has 0 fully saturated rings. The molecule has 122 valence electrons. The van der Waals surface area contributed by atoms with E-state index in [0.29, 0.717) is 16.9 Å². The zero-order valence-corrected chi connectivity index (χ0v) is 14.2. The van der Waals surface area contributed by atoms with Crippen molar-refractivity contribution in [3.05, 3.63) is 75.8 Å². The molecule has 1 aromatic carbocycles. The quantitative estimate of drug-likeness (QED) is 0.539. The molecule has 5 nitrogen and oxygen atoms in total. The predicted molar refractivity (Wildman–Crippen MR) is 93.5 cm³/mol. The number of carbonyl (C=O) groups excluding carboxylic acids is 1. The lowest BCUT2D eigenvalue weighted by molar-refractivity contribution is 0.0467. The first-order chi connectivity index (χ1) is 11.6. The Balaban J connectivity index is 1.76. The molecule has 3 rings (SSSR count). The number of carbonyl (C=O) groups is 1. The number of esters is 1. The number of fused-ring (bicyclic) bond motifs is 1. The van der Waals surface area contributed by atoms with Gasteiger partial charge in [-0.05, 0) is 49.1 Å². The average molecular weight is 340 g/mol. The van der Waals surface area contributed by atoms with E-state index in [1.807, 2.05) is 31.4 Å². The van der Waals surface area contributed by atoms with E-state index in [2.05, 4.69) is 4.98 Å². The summed E-state index contributed by atoms with van der Waals surface area (Å²) in [7, 11) is 0. The molecule has 0 bridgehead atoms. The van der Waals surface area contributed by atoms with E-state index in [0.717, 1.165) is 10.5 Å². The Morgan fingerprint density at radius 1 is 1.21 bits per heavy atom. The molecule has 0 aliphatic carbocycles. The number of rotatable bonds is 4. The van der Waals surface area contributed by atoms with Gasteiger partial charge in [0.25, 0.3) is 5.56 Å². The monoisotopic (exact) mass is 340 g/mol. The van der Waals surface area contributed by atoms with Crippen LogP contribution >= 0.6 is 11.8 Å². The maximum absolute atomic E-state index is 12.1. The number of hydrogen-bond acceptors (Lipinski definition) is 5. The number of aromatic nitrogens is 2. The van der Waals surface area contributed by atoms with Crippen molar-refractivity contribution < 1.29 is 9.53 Å². The summed E-state index contributed by atoms with van der Waals surface area (Å²) in [6, 6.07) is 12.2. The van der Waals surface area contributed by atoms with E-state index in [1.54, 1.807) is 36.2 Å². The van der Waals surface area contributed by atoms with Crippen molar-refractivity contribution in [2.24, 2.45) is 0 Å². The van der Waals surface area contributed by atoms with Crippen molar-refractivity contribution in [3.63, 3.8) is 0 Å². The van der Waals surface area contributed by atoms with Gasteiger partial charge in [0.1, 0.15) is 12.3 Å². The van der Waals surface area contributed by atoms with Gasteiger partial charge in [0.15, 0.2) is 0 Å². The summed E-state index contributed by atoms with van der Waals surface area (Å²) >= 11 is 1.60. The van der Waals surface area contributed by atoms with Crippen LogP contribution < -0.4 is 5.56 Å².